The van der Waals surface area contributed by atoms with Crippen LogP contribution in [0.5, 0.6) is 0 Å². The first-order chi connectivity index (χ1) is 9.54. The minimum Gasteiger partial charge on any atom is -0.305 e. The smallest absolute Gasteiger partial charge is 0.266 e. The Bertz CT molecular complexity index is 627. The van der Waals surface area contributed by atoms with Gasteiger partial charge in [0.1, 0.15) is 0 Å². The molecule has 0 heterocycles. The molecule has 4 nitrogen and oxygen atoms in total. The second kappa shape index (κ2) is 6.65. The predicted octanol–water partition coefficient (Wildman–Crippen LogP) is 2.41. The van der Waals surface area contributed by atoms with Crippen LogP contribution in [0.25, 0.3) is 0 Å². The maximum atomic E-state index is 11.1. The fourth-order valence-electron chi connectivity index (χ4n) is 2.01. The minimum absolute atomic E-state index is 0.343. The molecule has 0 aliphatic carbocycles. The molecule has 0 aliphatic heterocycles. The highest BCUT2D eigenvalue weighted by atomic mass is 32.2. The Hall–Kier alpha value is -1.69. The lowest BCUT2D eigenvalue weighted by atomic mass is 10.1. The molecule has 0 spiro atoms. The van der Waals surface area contributed by atoms with Gasteiger partial charge in [-0.1, -0.05) is 60.7 Å². The number of hydrogen-bond acceptors (Lipinski definition) is 3. The molecule has 106 valence electrons. The van der Waals surface area contributed by atoms with E-state index in [1.807, 2.05) is 60.7 Å². The Morgan fingerprint density at radius 2 is 1.50 bits per heavy atom. The summed E-state index contributed by atoms with van der Waals surface area (Å²) in [6.45, 7) is 0.538. The summed E-state index contributed by atoms with van der Waals surface area (Å²) >= 11 is 0. The molecule has 0 aromatic heterocycles. The van der Waals surface area contributed by atoms with E-state index in [4.69, 9.17) is 4.55 Å². The number of rotatable bonds is 6. The van der Waals surface area contributed by atoms with E-state index >= 15 is 0 Å². The van der Waals surface area contributed by atoms with Gasteiger partial charge in [0.2, 0.25) is 0 Å². The standard InChI is InChI=1S/C15H17NO3S/c17-20(18,19)12-15(14-9-5-2-6-10-14)16-11-13-7-3-1-4-8-13/h1-10,15-16H,11-12H2,(H,17,18,19)/t15-/m0/s1. The lowest BCUT2D eigenvalue weighted by molar-refractivity contribution is 0.465. The van der Waals surface area contributed by atoms with E-state index in [-0.39, 0.29) is 5.75 Å². The Balaban J connectivity index is 2.11. The highest BCUT2D eigenvalue weighted by Gasteiger charge is 2.18. The van der Waals surface area contributed by atoms with Gasteiger partial charge < -0.3 is 5.32 Å². The third-order valence-electron chi connectivity index (χ3n) is 2.97. The molecule has 0 bridgehead atoms. The van der Waals surface area contributed by atoms with Gasteiger partial charge in [0.05, 0.1) is 5.75 Å². The molecule has 0 saturated heterocycles. The van der Waals surface area contributed by atoms with Gasteiger partial charge in [-0.3, -0.25) is 4.55 Å². The molecule has 0 unspecified atom stereocenters. The van der Waals surface area contributed by atoms with E-state index in [9.17, 15) is 8.42 Å². The quantitative estimate of drug-likeness (QED) is 0.802. The van der Waals surface area contributed by atoms with E-state index in [2.05, 4.69) is 5.32 Å². The van der Waals surface area contributed by atoms with Crippen molar-refractivity contribution in [3.63, 3.8) is 0 Å². The first-order valence-corrected chi connectivity index (χ1v) is 7.93. The van der Waals surface area contributed by atoms with Crippen molar-refractivity contribution in [2.45, 2.75) is 12.6 Å². The maximum Gasteiger partial charge on any atom is 0.266 e. The van der Waals surface area contributed by atoms with Crippen LogP contribution in [0.1, 0.15) is 17.2 Å². The van der Waals surface area contributed by atoms with Crippen molar-refractivity contribution < 1.29 is 13.0 Å². The molecule has 20 heavy (non-hydrogen) atoms. The topological polar surface area (TPSA) is 66.4 Å². The summed E-state index contributed by atoms with van der Waals surface area (Å²) in [7, 11) is -4.04. The fourth-order valence-corrected chi connectivity index (χ4v) is 2.74. The van der Waals surface area contributed by atoms with Crippen LogP contribution in [-0.2, 0) is 16.7 Å². The lowest BCUT2D eigenvalue weighted by Crippen LogP contribution is -2.27. The van der Waals surface area contributed by atoms with Gasteiger partial charge in [-0.2, -0.15) is 8.42 Å². The first-order valence-electron chi connectivity index (χ1n) is 6.32. The molecule has 0 fully saturated rings. The molecule has 5 heteroatoms. The molecule has 2 aromatic rings. The summed E-state index contributed by atoms with van der Waals surface area (Å²) in [5.41, 5.74) is 1.89. The second-order valence-electron chi connectivity index (χ2n) is 4.58. The Morgan fingerprint density at radius 1 is 0.950 bits per heavy atom. The highest BCUT2D eigenvalue weighted by Crippen LogP contribution is 2.15. The van der Waals surface area contributed by atoms with Crippen molar-refractivity contribution in [3.8, 4) is 0 Å². The Labute approximate surface area is 119 Å². The normalized spacial score (nSPS) is 13.1. The molecular formula is C15H17NO3S. The largest absolute Gasteiger partial charge is 0.305 e. The van der Waals surface area contributed by atoms with Crippen LogP contribution in [0, 0.1) is 0 Å². The van der Waals surface area contributed by atoms with E-state index < -0.39 is 16.2 Å². The number of nitrogens with one attached hydrogen (secondary N) is 1. The van der Waals surface area contributed by atoms with Gasteiger partial charge in [0.15, 0.2) is 0 Å². The molecule has 0 amide bonds. The first kappa shape index (κ1) is 14.7. The lowest BCUT2D eigenvalue weighted by Gasteiger charge is -2.18. The van der Waals surface area contributed by atoms with Crippen LogP contribution < -0.4 is 5.32 Å². The molecule has 2 rings (SSSR count). The van der Waals surface area contributed by atoms with Gasteiger partial charge in [-0.15, -0.1) is 0 Å². The van der Waals surface area contributed by atoms with Crippen LogP contribution in [0.15, 0.2) is 60.7 Å². The monoisotopic (exact) mass is 291 g/mol. The predicted molar refractivity (Wildman–Crippen MR) is 78.9 cm³/mol. The summed E-state index contributed by atoms with van der Waals surface area (Å²) in [5.74, 6) is -0.343. The summed E-state index contributed by atoms with van der Waals surface area (Å²) in [5, 5.41) is 3.17. The molecule has 2 N–H and O–H groups in total. The Kier molecular flexibility index (Phi) is 4.89. The van der Waals surface area contributed by atoms with E-state index in [1.165, 1.54) is 0 Å². The van der Waals surface area contributed by atoms with Crippen molar-refractivity contribution in [3.05, 3.63) is 71.8 Å². The summed E-state index contributed by atoms with van der Waals surface area (Å²) in [4.78, 5) is 0. The second-order valence-corrected chi connectivity index (χ2v) is 6.08. The minimum atomic E-state index is -4.04. The zero-order valence-corrected chi connectivity index (χ0v) is 11.8. The van der Waals surface area contributed by atoms with E-state index in [0.717, 1.165) is 11.1 Å². The maximum absolute atomic E-state index is 11.1. The number of benzene rings is 2. The molecule has 1 atom stereocenters. The average molecular weight is 291 g/mol. The molecular weight excluding hydrogens is 274 g/mol. The van der Waals surface area contributed by atoms with Crippen LogP contribution in [-0.4, -0.2) is 18.7 Å². The molecule has 0 aliphatic rings. The van der Waals surface area contributed by atoms with Crippen molar-refractivity contribution in [1.82, 2.24) is 5.32 Å². The molecule has 0 saturated carbocycles. The SMILES string of the molecule is O=S(=O)(O)C[C@H](NCc1ccccc1)c1ccccc1. The molecule has 0 radical (unpaired) electrons. The van der Waals surface area contributed by atoms with Gasteiger partial charge >= 0.3 is 0 Å². The van der Waals surface area contributed by atoms with Crippen molar-refractivity contribution >= 4 is 10.1 Å². The van der Waals surface area contributed by atoms with Crippen LogP contribution >= 0.6 is 0 Å². The zero-order chi connectivity index (χ0) is 14.4. The Morgan fingerprint density at radius 3 is 2.05 bits per heavy atom. The third-order valence-corrected chi connectivity index (χ3v) is 3.73. The van der Waals surface area contributed by atoms with Gasteiger partial charge in [0, 0.05) is 12.6 Å². The molecule has 2 aromatic carbocycles. The average Bonchev–Trinajstić information content (AvgIpc) is 2.44. The fraction of sp³-hybridized carbons (Fsp3) is 0.200. The van der Waals surface area contributed by atoms with Crippen LogP contribution in [0.3, 0.4) is 0 Å². The summed E-state index contributed by atoms with van der Waals surface area (Å²) in [6, 6.07) is 18.5. The third kappa shape index (κ3) is 4.77. The van der Waals surface area contributed by atoms with Crippen molar-refractivity contribution in [2.75, 3.05) is 5.75 Å². The van der Waals surface area contributed by atoms with E-state index in [0.29, 0.717) is 6.54 Å². The van der Waals surface area contributed by atoms with Crippen molar-refractivity contribution in [1.29, 1.82) is 0 Å². The van der Waals surface area contributed by atoms with E-state index in [1.54, 1.807) is 0 Å². The number of hydrogen-bond donors (Lipinski definition) is 2. The van der Waals surface area contributed by atoms with Crippen LogP contribution in [0.2, 0.25) is 0 Å². The summed E-state index contributed by atoms with van der Waals surface area (Å²) < 4.78 is 31.4. The van der Waals surface area contributed by atoms with Crippen LogP contribution in [0.4, 0.5) is 0 Å². The van der Waals surface area contributed by atoms with Gasteiger partial charge in [-0.05, 0) is 11.1 Å². The van der Waals surface area contributed by atoms with Gasteiger partial charge in [0.25, 0.3) is 10.1 Å². The van der Waals surface area contributed by atoms with Gasteiger partial charge in [-0.25, -0.2) is 0 Å². The zero-order valence-electron chi connectivity index (χ0n) is 10.9. The summed E-state index contributed by atoms with van der Waals surface area (Å²) in [6.07, 6.45) is 0. The van der Waals surface area contributed by atoms with Crippen molar-refractivity contribution in [2.24, 2.45) is 0 Å². The highest BCUT2D eigenvalue weighted by molar-refractivity contribution is 7.85.